The molecule has 28 heavy (non-hydrogen) atoms. The second kappa shape index (κ2) is 9.82. The van der Waals surface area contributed by atoms with E-state index < -0.39 is 9.84 Å². The number of carbonyl (C=O) groups excluding carboxylic acids is 1. The number of hydrogen-bond donors (Lipinski definition) is 2. The number of nitrogens with zero attached hydrogens (tertiary/aromatic N) is 1. The van der Waals surface area contributed by atoms with Crippen molar-refractivity contribution in [1.29, 1.82) is 0 Å². The molecule has 1 atom stereocenters. The SMILES string of the molecule is CC(C)C(CO)N(CC(=O)Nc1ccc(S(C)(=O)=O)cc1)Cc1ccccc1. The van der Waals surface area contributed by atoms with Gasteiger partial charge in [0.2, 0.25) is 5.91 Å². The second-order valence-corrected chi connectivity index (χ2v) is 9.24. The first-order valence-electron chi connectivity index (χ1n) is 9.19. The van der Waals surface area contributed by atoms with Gasteiger partial charge in [-0.05, 0) is 35.7 Å². The Morgan fingerprint density at radius 1 is 1.07 bits per heavy atom. The van der Waals surface area contributed by atoms with Crippen molar-refractivity contribution in [3.05, 3.63) is 60.2 Å². The highest BCUT2D eigenvalue weighted by atomic mass is 32.2. The summed E-state index contributed by atoms with van der Waals surface area (Å²) >= 11 is 0. The summed E-state index contributed by atoms with van der Waals surface area (Å²) in [6.45, 7) is 4.65. The molecule has 0 aliphatic heterocycles. The summed E-state index contributed by atoms with van der Waals surface area (Å²) < 4.78 is 23.1. The van der Waals surface area contributed by atoms with E-state index >= 15 is 0 Å². The van der Waals surface area contributed by atoms with Crippen molar-refractivity contribution in [2.24, 2.45) is 5.92 Å². The van der Waals surface area contributed by atoms with Gasteiger partial charge in [0.25, 0.3) is 0 Å². The summed E-state index contributed by atoms with van der Waals surface area (Å²) in [6.07, 6.45) is 1.14. The highest BCUT2D eigenvalue weighted by molar-refractivity contribution is 7.90. The third-order valence-electron chi connectivity index (χ3n) is 4.57. The summed E-state index contributed by atoms with van der Waals surface area (Å²) in [5.74, 6) is -0.0438. The fourth-order valence-electron chi connectivity index (χ4n) is 3.03. The molecule has 0 heterocycles. The van der Waals surface area contributed by atoms with Gasteiger partial charge < -0.3 is 10.4 Å². The maximum Gasteiger partial charge on any atom is 0.238 e. The van der Waals surface area contributed by atoms with Crippen LogP contribution in [-0.4, -0.2) is 49.8 Å². The number of sulfone groups is 1. The molecular formula is C21H28N2O4S. The molecule has 152 valence electrons. The zero-order valence-corrected chi connectivity index (χ0v) is 17.3. The summed E-state index contributed by atoms with van der Waals surface area (Å²) in [5, 5.41) is 12.6. The molecule has 7 heteroatoms. The van der Waals surface area contributed by atoms with Crippen LogP contribution in [0.4, 0.5) is 5.69 Å². The van der Waals surface area contributed by atoms with E-state index in [0.717, 1.165) is 11.8 Å². The van der Waals surface area contributed by atoms with Crippen LogP contribution in [0.15, 0.2) is 59.5 Å². The summed E-state index contributed by atoms with van der Waals surface area (Å²) in [4.78, 5) is 14.7. The molecule has 0 saturated heterocycles. The van der Waals surface area contributed by atoms with Crippen LogP contribution in [0.1, 0.15) is 19.4 Å². The number of benzene rings is 2. The van der Waals surface area contributed by atoms with Gasteiger partial charge in [-0.3, -0.25) is 9.69 Å². The Bertz CT molecular complexity index is 865. The smallest absolute Gasteiger partial charge is 0.238 e. The molecule has 1 amide bonds. The van der Waals surface area contributed by atoms with Crippen LogP contribution in [0.5, 0.6) is 0 Å². The molecule has 0 aromatic heterocycles. The van der Waals surface area contributed by atoms with Crippen molar-refractivity contribution in [2.45, 2.75) is 31.3 Å². The lowest BCUT2D eigenvalue weighted by atomic mass is 10.0. The van der Waals surface area contributed by atoms with Crippen molar-refractivity contribution in [3.8, 4) is 0 Å². The fraction of sp³-hybridized carbons (Fsp3) is 0.381. The Morgan fingerprint density at radius 2 is 1.68 bits per heavy atom. The van der Waals surface area contributed by atoms with Gasteiger partial charge in [-0.2, -0.15) is 0 Å². The minimum absolute atomic E-state index is 0.0408. The maximum absolute atomic E-state index is 12.6. The van der Waals surface area contributed by atoms with Gasteiger partial charge in [-0.1, -0.05) is 44.2 Å². The number of aliphatic hydroxyl groups is 1. The largest absolute Gasteiger partial charge is 0.395 e. The van der Waals surface area contributed by atoms with Gasteiger partial charge in [0.1, 0.15) is 0 Å². The van der Waals surface area contributed by atoms with Crippen molar-refractivity contribution in [1.82, 2.24) is 4.90 Å². The summed E-state index contributed by atoms with van der Waals surface area (Å²) in [5.41, 5.74) is 1.59. The van der Waals surface area contributed by atoms with Crippen LogP contribution in [0.3, 0.4) is 0 Å². The first-order chi connectivity index (χ1) is 13.2. The van der Waals surface area contributed by atoms with Crippen LogP contribution in [-0.2, 0) is 21.2 Å². The first kappa shape index (κ1) is 22.1. The van der Waals surface area contributed by atoms with E-state index in [4.69, 9.17) is 0 Å². The fourth-order valence-corrected chi connectivity index (χ4v) is 3.66. The topological polar surface area (TPSA) is 86.7 Å². The number of anilines is 1. The third-order valence-corrected chi connectivity index (χ3v) is 5.70. The van der Waals surface area contributed by atoms with E-state index in [1.54, 1.807) is 12.1 Å². The summed E-state index contributed by atoms with van der Waals surface area (Å²) in [7, 11) is -3.27. The second-order valence-electron chi connectivity index (χ2n) is 7.23. The molecule has 0 fully saturated rings. The van der Waals surface area contributed by atoms with E-state index in [1.165, 1.54) is 12.1 Å². The highest BCUT2D eigenvalue weighted by Crippen LogP contribution is 2.17. The molecular weight excluding hydrogens is 376 g/mol. The Balaban J connectivity index is 2.10. The Morgan fingerprint density at radius 3 is 2.18 bits per heavy atom. The zero-order valence-electron chi connectivity index (χ0n) is 16.5. The molecule has 0 aliphatic carbocycles. The lowest BCUT2D eigenvalue weighted by molar-refractivity contribution is -0.118. The molecule has 0 aliphatic rings. The van der Waals surface area contributed by atoms with Crippen molar-refractivity contribution < 1.29 is 18.3 Å². The van der Waals surface area contributed by atoms with E-state index in [2.05, 4.69) is 5.32 Å². The van der Waals surface area contributed by atoms with Crippen molar-refractivity contribution in [2.75, 3.05) is 24.7 Å². The molecule has 6 nitrogen and oxygen atoms in total. The van der Waals surface area contributed by atoms with Gasteiger partial charge in [0.05, 0.1) is 18.0 Å². The van der Waals surface area contributed by atoms with Gasteiger partial charge >= 0.3 is 0 Å². The first-order valence-corrected chi connectivity index (χ1v) is 11.1. The third kappa shape index (κ3) is 6.44. The number of amides is 1. The Kier molecular flexibility index (Phi) is 7.74. The van der Waals surface area contributed by atoms with Crippen molar-refractivity contribution >= 4 is 21.4 Å². The molecule has 1 unspecified atom stereocenters. The zero-order chi connectivity index (χ0) is 20.7. The molecule has 2 aromatic carbocycles. The number of nitrogens with one attached hydrogen (secondary N) is 1. The molecule has 0 radical (unpaired) electrons. The average Bonchev–Trinajstić information content (AvgIpc) is 2.62. The number of carbonyl (C=O) groups is 1. The van der Waals surface area contributed by atoms with Crippen LogP contribution in [0.2, 0.25) is 0 Å². The molecule has 2 rings (SSSR count). The van der Waals surface area contributed by atoms with Gasteiger partial charge in [0, 0.05) is 24.5 Å². The maximum atomic E-state index is 12.6. The minimum atomic E-state index is -3.27. The lowest BCUT2D eigenvalue weighted by Crippen LogP contribution is -2.45. The molecule has 0 spiro atoms. The number of rotatable bonds is 9. The normalized spacial score (nSPS) is 12.9. The minimum Gasteiger partial charge on any atom is -0.395 e. The lowest BCUT2D eigenvalue weighted by Gasteiger charge is -2.32. The van der Waals surface area contributed by atoms with Crippen LogP contribution in [0, 0.1) is 5.92 Å². The Hall–Kier alpha value is -2.22. The van der Waals surface area contributed by atoms with Crippen LogP contribution in [0.25, 0.3) is 0 Å². The standard InChI is InChI=1S/C21H28N2O4S/c1-16(2)20(15-24)23(13-17-7-5-4-6-8-17)14-21(25)22-18-9-11-19(12-10-18)28(3,26)27/h4-12,16,20,24H,13-15H2,1-3H3,(H,22,25). The van der Waals surface area contributed by atoms with E-state index in [1.807, 2.05) is 49.1 Å². The molecule has 2 N–H and O–H groups in total. The Labute approximate surface area is 167 Å². The number of hydrogen-bond acceptors (Lipinski definition) is 5. The monoisotopic (exact) mass is 404 g/mol. The predicted octanol–water partition coefficient (Wildman–Crippen LogP) is 2.55. The summed E-state index contributed by atoms with van der Waals surface area (Å²) in [6, 6.07) is 15.7. The predicted molar refractivity (Wildman–Crippen MR) is 111 cm³/mol. The average molecular weight is 405 g/mol. The van der Waals surface area contributed by atoms with E-state index in [-0.39, 0.29) is 35.9 Å². The van der Waals surface area contributed by atoms with Gasteiger partial charge in [-0.25, -0.2) is 8.42 Å². The number of aliphatic hydroxyl groups excluding tert-OH is 1. The molecule has 2 aromatic rings. The van der Waals surface area contributed by atoms with Gasteiger partial charge in [-0.15, -0.1) is 0 Å². The van der Waals surface area contributed by atoms with Crippen LogP contribution < -0.4 is 5.32 Å². The van der Waals surface area contributed by atoms with E-state index in [9.17, 15) is 18.3 Å². The van der Waals surface area contributed by atoms with Crippen molar-refractivity contribution in [3.63, 3.8) is 0 Å². The molecule has 0 bridgehead atoms. The van der Waals surface area contributed by atoms with Crippen LogP contribution >= 0.6 is 0 Å². The molecule has 0 saturated carbocycles. The highest BCUT2D eigenvalue weighted by Gasteiger charge is 2.23. The quantitative estimate of drug-likeness (QED) is 0.671. The van der Waals surface area contributed by atoms with Gasteiger partial charge in [0.15, 0.2) is 9.84 Å². The van der Waals surface area contributed by atoms with E-state index in [0.29, 0.717) is 12.2 Å².